The molecule has 176 valence electrons. The molecule has 1 saturated carbocycles. The van der Waals surface area contributed by atoms with Crippen LogP contribution in [0.5, 0.6) is 5.75 Å². The number of hydrogen-bond donors (Lipinski definition) is 1. The Morgan fingerprint density at radius 2 is 1.78 bits per heavy atom. The second-order valence-electron chi connectivity index (χ2n) is 8.57. The van der Waals surface area contributed by atoms with Gasteiger partial charge >= 0.3 is 0 Å². The van der Waals surface area contributed by atoms with Gasteiger partial charge in [0.1, 0.15) is 18.2 Å². The van der Waals surface area contributed by atoms with Crippen molar-refractivity contribution in [1.29, 1.82) is 0 Å². The summed E-state index contributed by atoms with van der Waals surface area (Å²) in [5, 5.41) is 5.67. The van der Waals surface area contributed by atoms with Gasteiger partial charge in [-0.3, -0.25) is 4.90 Å². The number of hydrogen-bond acceptors (Lipinski definition) is 8. The summed E-state index contributed by atoms with van der Waals surface area (Å²) in [7, 11) is 0. The fraction of sp³-hybridized carbons (Fsp3) is 0.667. The fourth-order valence-electron chi connectivity index (χ4n) is 4.49. The first-order valence-electron chi connectivity index (χ1n) is 11.9. The second kappa shape index (κ2) is 12.3. The van der Waals surface area contributed by atoms with Crippen molar-refractivity contribution in [3.05, 3.63) is 12.1 Å². The zero-order valence-electron chi connectivity index (χ0n) is 19.4. The fourth-order valence-corrected chi connectivity index (χ4v) is 5.41. The van der Waals surface area contributed by atoms with E-state index in [-0.39, 0.29) is 0 Å². The number of rotatable bonds is 8. The summed E-state index contributed by atoms with van der Waals surface area (Å²) in [6.07, 6.45) is 13.2. The minimum Gasteiger partial charge on any atom is -0.491 e. The third kappa shape index (κ3) is 6.43. The molecule has 2 heterocycles. The van der Waals surface area contributed by atoms with E-state index >= 15 is 0 Å². The number of anilines is 1. The van der Waals surface area contributed by atoms with Gasteiger partial charge in [-0.05, 0) is 37.5 Å². The molecule has 6 nitrogen and oxygen atoms in total. The highest BCUT2D eigenvalue weighted by atomic mass is 32.2. The number of morpholine rings is 1. The molecular weight excluding hydrogens is 440 g/mol. The lowest BCUT2D eigenvalue weighted by atomic mass is 9.96. The molecule has 1 aliphatic carbocycles. The highest BCUT2D eigenvalue weighted by Gasteiger charge is 2.17. The quantitative estimate of drug-likeness (QED) is 0.406. The summed E-state index contributed by atoms with van der Waals surface area (Å²) in [6, 6.07) is 4.79. The van der Waals surface area contributed by atoms with Crippen molar-refractivity contribution in [1.82, 2.24) is 14.9 Å². The lowest BCUT2D eigenvalue weighted by Gasteiger charge is -2.26. The Morgan fingerprint density at radius 1 is 1.03 bits per heavy atom. The maximum absolute atomic E-state index is 6.29. The molecule has 4 rings (SSSR count). The van der Waals surface area contributed by atoms with E-state index in [0.717, 1.165) is 65.4 Å². The van der Waals surface area contributed by atoms with E-state index in [2.05, 4.69) is 28.6 Å². The zero-order valence-corrected chi connectivity index (χ0v) is 21.0. The van der Waals surface area contributed by atoms with Crippen LogP contribution in [0.3, 0.4) is 0 Å². The number of aromatic nitrogens is 2. The average molecular weight is 477 g/mol. The summed E-state index contributed by atoms with van der Waals surface area (Å²) in [5.74, 6) is 1.88. The van der Waals surface area contributed by atoms with Crippen molar-refractivity contribution in [2.75, 3.05) is 57.3 Å². The van der Waals surface area contributed by atoms with Gasteiger partial charge in [0.15, 0.2) is 5.16 Å². The van der Waals surface area contributed by atoms with E-state index in [1.165, 1.54) is 44.9 Å². The molecule has 8 heteroatoms. The van der Waals surface area contributed by atoms with Crippen molar-refractivity contribution >= 4 is 40.2 Å². The highest BCUT2D eigenvalue weighted by molar-refractivity contribution is 7.98. The molecule has 2 aliphatic rings. The van der Waals surface area contributed by atoms with E-state index in [1.54, 1.807) is 23.5 Å². The molecule has 0 amide bonds. The van der Waals surface area contributed by atoms with E-state index in [9.17, 15) is 0 Å². The van der Waals surface area contributed by atoms with Crippen LogP contribution in [0.25, 0.3) is 10.9 Å². The molecule has 0 spiro atoms. The molecule has 2 aromatic rings. The van der Waals surface area contributed by atoms with Crippen LogP contribution in [0, 0.1) is 0 Å². The largest absolute Gasteiger partial charge is 0.491 e. The first-order valence-corrected chi connectivity index (χ1v) is 14.3. The van der Waals surface area contributed by atoms with Crippen LogP contribution in [0.1, 0.15) is 44.9 Å². The van der Waals surface area contributed by atoms with Crippen molar-refractivity contribution < 1.29 is 9.47 Å². The van der Waals surface area contributed by atoms with Gasteiger partial charge in [-0.1, -0.05) is 43.9 Å². The second-order valence-corrected chi connectivity index (χ2v) is 10.2. The Bertz CT molecular complexity index is 869. The smallest absolute Gasteiger partial charge is 0.189 e. The van der Waals surface area contributed by atoms with Gasteiger partial charge in [0, 0.05) is 31.1 Å². The van der Waals surface area contributed by atoms with Crippen LogP contribution in [0.15, 0.2) is 22.2 Å². The first-order chi connectivity index (χ1) is 15.8. The number of nitrogens with zero attached hydrogens (tertiary/aromatic N) is 3. The molecule has 1 saturated heterocycles. The topological polar surface area (TPSA) is 59.5 Å². The standard InChI is InChI=1S/C24H36N4O2S2/c1-31-22-17-20-19(16-21(22)30-15-12-28-10-13-29-14-11-28)23(27-24(26-20)32-2)25-18-8-6-4-3-5-7-9-18/h16-18H,3-15H2,1-2H3,(H,25,26,27). The Morgan fingerprint density at radius 3 is 2.50 bits per heavy atom. The molecule has 0 unspecified atom stereocenters. The Kier molecular flexibility index (Phi) is 9.20. The van der Waals surface area contributed by atoms with Crippen LogP contribution >= 0.6 is 23.5 Å². The predicted molar refractivity (Wildman–Crippen MR) is 136 cm³/mol. The Hall–Kier alpha value is -1.22. The SMILES string of the molecule is CSc1nc(NC2CCCCCCC2)c2cc(OCCN3CCOCC3)c(SC)cc2n1. The monoisotopic (exact) mass is 476 g/mol. The van der Waals surface area contributed by atoms with E-state index in [1.807, 2.05) is 6.26 Å². The van der Waals surface area contributed by atoms with E-state index in [0.29, 0.717) is 12.6 Å². The first kappa shape index (κ1) is 23.9. The van der Waals surface area contributed by atoms with E-state index < -0.39 is 0 Å². The van der Waals surface area contributed by atoms with Crippen LogP contribution in [0.4, 0.5) is 5.82 Å². The van der Waals surface area contributed by atoms with Gasteiger partial charge in [0.25, 0.3) is 0 Å². The normalized spacial score (nSPS) is 18.9. The average Bonchev–Trinajstić information content (AvgIpc) is 2.81. The molecule has 1 aromatic carbocycles. The van der Waals surface area contributed by atoms with Crippen LogP contribution in [-0.2, 0) is 4.74 Å². The van der Waals surface area contributed by atoms with Crippen LogP contribution < -0.4 is 10.1 Å². The lowest BCUT2D eigenvalue weighted by molar-refractivity contribution is 0.0321. The van der Waals surface area contributed by atoms with Crippen molar-refractivity contribution in [2.24, 2.45) is 0 Å². The molecule has 0 radical (unpaired) electrons. The van der Waals surface area contributed by atoms with Gasteiger partial charge in [0.05, 0.1) is 23.6 Å². The van der Waals surface area contributed by atoms with Gasteiger partial charge in [-0.15, -0.1) is 11.8 Å². The number of fused-ring (bicyclic) bond motifs is 1. The van der Waals surface area contributed by atoms with E-state index in [4.69, 9.17) is 19.4 Å². The summed E-state index contributed by atoms with van der Waals surface area (Å²) in [4.78, 5) is 13.2. The lowest BCUT2D eigenvalue weighted by Crippen LogP contribution is -2.38. The maximum Gasteiger partial charge on any atom is 0.189 e. The summed E-state index contributed by atoms with van der Waals surface area (Å²) in [5.41, 5.74) is 0.988. The molecule has 1 N–H and O–H groups in total. The molecule has 1 aromatic heterocycles. The van der Waals surface area contributed by atoms with Gasteiger partial charge in [-0.2, -0.15) is 0 Å². The minimum atomic E-state index is 0.481. The van der Waals surface area contributed by atoms with Gasteiger partial charge in [0.2, 0.25) is 0 Å². The maximum atomic E-state index is 6.29. The van der Waals surface area contributed by atoms with Crippen LogP contribution in [0.2, 0.25) is 0 Å². The molecule has 32 heavy (non-hydrogen) atoms. The molecule has 2 fully saturated rings. The third-order valence-corrected chi connectivity index (χ3v) is 7.66. The summed E-state index contributed by atoms with van der Waals surface area (Å²) in [6.45, 7) is 5.20. The molecule has 1 aliphatic heterocycles. The summed E-state index contributed by atoms with van der Waals surface area (Å²) >= 11 is 3.31. The Balaban J connectivity index is 1.56. The Labute approximate surface area is 200 Å². The number of thioether (sulfide) groups is 2. The third-order valence-electron chi connectivity index (χ3n) is 6.36. The highest BCUT2D eigenvalue weighted by Crippen LogP contribution is 2.36. The molecular formula is C24H36N4O2S2. The molecule has 0 bridgehead atoms. The number of ether oxygens (including phenoxy) is 2. The van der Waals surface area contributed by atoms with Crippen molar-refractivity contribution in [3.63, 3.8) is 0 Å². The molecule has 0 atom stereocenters. The number of nitrogens with one attached hydrogen (secondary N) is 1. The number of benzene rings is 1. The summed E-state index contributed by atoms with van der Waals surface area (Å²) < 4.78 is 11.7. The van der Waals surface area contributed by atoms with Gasteiger partial charge in [-0.25, -0.2) is 9.97 Å². The van der Waals surface area contributed by atoms with Gasteiger partial charge < -0.3 is 14.8 Å². The predicted octanol–water partition coefficient (Wildman–Crippen LogP) is 5.31. The van der Waals surface area contributed by atoms with Crippen molar-refractivity contribution in [2.45, 2.75) is 61.0 Å². The minimum absolute atomic E-state index is 0.481. The zero-order chi connectivity index (χ0) is 22.2. The van der Waals surface area contributed by atoms with Crippen LogP contribution in [-0.4, -0.2) is 72.9 Å². The van der Waals surface area contributed by atoms with Crippen molar-refractivity contribution in [3.8, 4) is 5.75 Å².